The summed E-state index contributed by atoms with van der Waals surface area (Å²) < 4.78 is 4.49. The Morgan fingerprint density at radius 2 is 2.31 bits per heavy atom. The summed E-state index contributed by atoms with van der Waals surface area (Å²) in [5.74, 6) is 0.166. The predicted octanol–water partition coefficient (Wildman–Crippen LogP) is 1.64. The van der Waals surface area contributed by atoms with Gasteiger partial charge >= 0.3 is 0 Å². The van der Waals surface area contributed by atoms with Gasteiger partial charge in [0.25, 0.3) is 6.47 Å². The molecule has 0 amide bonds. The van der Waals surface area contributed by atoms with Gasteiger partial charge in [-0.15, -0.1) is 0 Å². The van der Waals surface area contributed by atoms with E-state index in [1.807, 2.05) is 0 Å². The molecule has 0 bridgehead atoms. The monoisotopic (exact) mass is 220 g/mol. The van der Waals surface area contributed by atoms with Crippen LogP contribution >= 0.6 is 23.2 Å². The Morgan fingerprint density at radius 1 is 1.62 bits per heavy atom. The van der Waals surface area contributed by atoms with Crippen molar-refractivity contribution in [3.8, 4) is 0 Å². The molecule has 4 nitrogen and oxygen atoms in total. The summed E-state index contributed by atoms with van der Waals surface area (Å²) in [6, 6.07) is 1.43. The molecule has 0 saturated carbocycles. The third kappa shape index (κ3) is 2.47. The van der Waals surface area contributed by atoms with Crippen molar-refractivity contribution in [2.24, 2.45) is 0 Å². The number of carbonyl (C=O) groups excluding carboxylic acids is 1. The maximum absolute atomic E-state index is 9.92. The molecule has 1 rings (SSSR count). The van der Waals surface area contributed by atoms with Gasteiger partial charge < -0.3 is 10.5 Å². The summed E-state index contributed by atoms with van der Waals surface area (Å²) in [7, 11) is 0. The third-order valence-electron chi connectivity index (χ3n) is 1.37. The van der Waals surface area contributed by atoms with Crippen LogP contribution in [0.3, 0.4) is 0 Å². The minimum atomic E-state index is -0.00165. The van der Waals surface area contributed by atoms with Crippen molar-refractivity contribution >= 4 is 35.5 Å². The number of nitrogens with two attached hydrogens (primary N) is 1. The summed E-state index contributed by atoms with van der Waals surface area (Å²) in [6.45, 7) is 0.308. The smallest absolute Gasteiger partial charge is 0.293 e. The first kappa shape index (κ1) is 10.1. The number of anilines is 1. The van der Waals surface area contributed by atoms with Gasteiger partial charge in [0.2, 0.25) is 0 Å². The number of pyridine rings is 1. The topological polar surface area (TPSA) is 65.2 Å². The van der Waals surface area contributed by atoms with Crippen molar-refractivity contribution in [1.29, 1.82) is 0 Å². The largest absolute Gasteiger partial charge is 0.463 e. The molecule has 6 heteroatoms. The molecule has 13 heavy (non-hydrogen) atoms. The zero-order chi connectivity index (χ0) is 9.84. The molecule has 0 aliphatic rings. The van der Waals surface area contributed by atoms with E-state index >= 15 is 0 Å². The number of carbonyl (C=O) groups is 1. The van der Waals surface area contributed by atoms with E-state index in [9.17, 15) is 4.79 Å². The van der Waals surface area contributed by atoms with Crippen LogP contribution in [0.4, 0.5) is 5.82 Å². The molecule has 0 aliphatic heterocycles. The van der Waals surface area contributed by atoms with Crippen LogP contribution < -0.4 is 5.73 Å². The van der Waals surface area contributed by atoms with Gasteiger partial charge in [-0.05, 0) is 6.07 Å². The SMILES string of the molecule is Nc1nc(Cl)cc(Cl)c1COC=O. The van der Waals surface area contributed by atoms with Gasteiger partial charge in [-0.1, -0.05) is 23.2 Å². The normalized spacial score (nSPS) is 9.69. The van der Waals surface area contributed by atoms with Crippen LogP contribution in [0.1, 0.15) is 5.56 Å². The van der Waals surface area contributed by atoms with Gasteiger partial charge in [0.1, 0.15) is 17.6 Å². The minimum absolute atomic E-state index is 0.00165. The molecular weight excluding hydrogens is 215 g/mol. The molecule has 0 saturated heterocycles. The zero-order valence-electron chi connectivity index (χ0n) is 6.46. The summed E-state index contributed by atoms with van der Waals surface area (Å²) >= 11 is 11.3. The molecule has 0 fully saturated rings. The number of aromatic nitrogens is 1. The lowest BCUT2D eigenvalue weighted by atomic mass is 10.3. The van der Waals surface area contributed by atoms with Gasteiger partial charge in [-0.25, -0.2) is 4.98 Å². The molecule has 0 unspecified atom stereocenters. The molecular formula is C7H6Cl2N2O2. The maximum atomic E-state index is 9.92. The third-order valence-corrected chi connectivity index (χ3v) is 1.90. The van der Waals surface area contributed by atoms with Crippen molar-refractivity contribution < 1.29 is 9.53 Å². The average molecular weight is 221 g/mol. The van der Waals surface area contributed by atoms with E-state index in [2.05, 4.69) is 9.72 Å². The second-order valence-electron chi connectivity index (χ2n) is 2.20. The highest BCUT2D eigenvalue weighted by Gasteiger charge is 2.08. The Bertz CT molecular complexity index is 307. The molecule has 0 aromatic carbocycles. The quantitative estimate of drug-likeness (QED) is 0.622. The maximum Gasteiger partial charge on any atom is 0.293 e. The average Bonchev–Trinajstić information content (AvgIpc) is 2.02. The first-order valence-electron chi connectivity index (χ1n) is 3.30. The lowest BCUT2D eigenvalue weighted by Crippen LogP contribution is -2.01. The van der Waals surface area contributed by atoms with Gasteiger partial charge in [-0.3, -0.25) is 4.79 Å². The Morgan fingerprint density at radius 3 is 2.85 bits per heavy atom. The molecule has 0 radical (unpaired) electrons. The van der Waals surface area contributed by atoms with Crippen LogP contribution in [0.25, 0.3) is 0 Å². The van der Waals surface area contributed by atoms with Crippen molar-refractivity contribution in [1.82, 2.24) is 4.98 Å². The fraction of sp³-hybridized carbons (Fsp3) is 0.143. The fourth-order valence-corrected chi connectivity index (χ4v) is 1.30. The first-order valence-corrected chi connectivity index (χ1v) is 4.06. The van der Waals surface area contributed by atoms with Crippen LogP contribution in [-0.2, 0) is 16.1 Å². The van der Waals surface area contributed by atoms with Crippen LogP contribution in [0.15, 0.2) is 6.07 Å². The number of hydrogen-bond donors (Lipinski definition) is 1. The standard InChI is InChI=1S/C7H6Cl2N2O2/c8-5-1-6(9)11-7(10)4(5)2-13-3-12/h1,3H,2H2,(H2,10,11). The molecule has 70 valence electrons. The highest BCUT2D eigenvalue weighted by molar-refractivity contribution is 6.34. The van der Waals surface area contributed by atoms with E-state index < -0.39 is 0 Å². The Balaban J connectivity index is 2.98. The van der Waals surface area contributed by atoms with Crippen LogP contribution in [-0.4, -0.2) is 11.5 Å². The number of nitrogen functional groups attached to an aromatic ring is 1. The van der Waals surface area contributed by atoms with Gasteiger partial charge in [0.15, 0.2) is 0 Å². The van der Waals surface area contributed by atoms with Crippen molar-refractivity contribution in [3.05, 3.63) is 21.8 Å². The van der Waals surface area contributed by atoms with Gasteiger partial charge in [0.05, 0.1) is 10.6 Å². The Hall–Kier alpha value is -1.00. The summed E-state index contributed by atoms with van der Waals surface area (Å²) in [6.07, 6.45) is 0. The molecule has 1 heterocycles. The number of hydrogen-bond acceptors (Lipinski definition) is 4. The van der Waals surface area contributed by atoms with Crippen LogP contribution in [0.2, 0.25) is 10.2 Å². The second-order valence-corrected chi connectivity index (χ2v) is 2.99. The summed E-state index contributed by atoms with van der Waals surface area (Å²) in [4.78, 5) is 13.7. The number of rotatable bonds is 3. The molecule has 1 aromatic heterocycles. The molecule has 2 N–H and O–H groups in total. The Labute approximate surface area is 84.6 Å². The molecule has 0 spiro atoms. The van der Waals surface area contributed by atoms with E-state index in [4.69, 9.17) is 28.9 Å². The zero-order valence-corrected chi connectivity index (χ0v) is 7.97. The minimum Gasteiger partial charge on any atom is -0.463 e. The number of halogens is 2. The number of nitrogens with zero attached hydrogens (tertiary/aromatic N) is 1. The van der Waals surface area contributed by atoms with Crippen molar-refractivity contribution in [3.63, 3.8) is 0 Å². The van der Waals surface area contributed by atoms with E-state index in [1.165, 1.54) is 6.07 Å². The number of ether oxygens (including phenoxy) is 1. The molecule has 1 aromatic rings. The lowest BCUT2D eigenvalue weighted by Gasteiger charge is -2.05. The molecule has 0 aliphatic carbocycles. The van der Waals surface area contributed by atoms with Gasteiger partial charge in [-0.2, -0.15) is 0 Å². The van der Waals surface area contributed by atoms with E-state index in [-0.39, 0.29) is 17.6 Å². The highest BCUT2D eigenvalue weighted by atomic mass is 35.5. The lowest BCUT2D eigenvalue weighted by molar-refractivity contribution is -0.129. The molecule has 0 atom stereocenters. The van der Waals surface area contributed by atoms with E-state index in [1.54, 1.807) is 0 Å². The van der Waals surface area contributed by atoms with Crippen molar-refractivity contribution in [2.75, 3.05) is 5.73 Å². The van der Waals surface area contributed by atoms with E-state index in [0.29, 0.717) is 17.1 Å². The van der Waals surface area contributed by atoms with Crippen LogP contribution in [0, 0.1) is 0 Å². The second kappa shape index (κ2) is 4.30. The van der Waals surface area contributed by atoms with Crippen molar-refractivity contribution in [2.45, 2.75) is 6.61 Å². The van der Waals surface area contributed by atoms with E-state index in [0.717, 1.165) is 0 Å². The predicted molar refractivity (Wildman–Crippen MR) is 49.5 cm³/mol. The Kier molecular flexibility index (Phi) is 3.33. The van der Waals surface area contributed by atoms with Gasteiger partial charge in [0, 0.05) is 0 Å². The summed E-state index contributed by atoms with van der Waals surface area (Å²) in [5, 5.41) is 0.539. The summed E-state index contributed by atoms with van der Waals surface area (Å²) in [5.41, 5.74) is 5.94. The first-order chi connectivity index (χ1) is 6.15. The highest BCUT2D eigenvalue weighted by Crippen LogP contribution is 2.24. The van der Waals surface area contributed by atoms with Crippen LogP contribution in [0.5, 0.6) is 0 Å². The fourth-order valence-electron chi connectivity index (χ4n) is 0.789.